The van der Waals surface area contributed by atoms with E-state index in [-0.39, 0.29) is 0 Å². The standard InChI is InChI=1S/C12H17NO2/c13-11-4-1-3-10(7-11)8-14-9-12-5-2-6-15-12/h1,3-4,7,12H,2,5-6,8-9,13H2. The molecule has 0 bridgehead atoms. The number of nitrogen functional groups attached to an aromatic ring is 1. The predicted octanol–water partition coefficient (Wildman–Crippen LogP) is 1.96. The van der Waals surface area contributed by atoms with Crippen LogP contribution >= 0.6 is 0 Å². The summed E-state index contributed by atoms with van der Waals surface area (Å²) in [4.78, 5) is 0. The summed E-state index contributed by atoms with van der Waals surface area (Å²) in [6.07, 6.45) is 2.58. The van der Waals surface area contributed by atoms with Crippen molar-refractivity contribution in [2.45, 2.75) is 25.6 Å². The van der Waals surface area contributed by atoms with Gasteiger partial charge < -0.3 is 15.2 Å². The van der Waals surface area contributed by atoms with Crippen molar-refractivity contribution in [3.63, 3.8) is 0 Å². The highest BCUT2D eigenvalue weighted by atomic mass is 16.5. The molecule has 1 fully saturated rings. The molecular formula is C12H17NO2. The number of rotatable bonds is 4. The molecule has 0 radical (unpaired) electrons. The number of hydrogen-bond donors (Lipinski definition) is 1. The van der Waals surface area contributed by atoms with E-state index < -0.39 is 0 Å². The van der Waals surface area contributed by atoms with Crippen molar-refractivity contribution >= 4 is 5.69 Å². The van der Waals surface area contributed by atoms with Crippen LogP contribution in [0.15, 0.2) is 24.3 Å². The summed E-state index contributed by atoms with van der Waals surface area (Å²) in [6, 6.07) is 7.78. The highest BCUT2D eigenvalue weighted by Crippen LogP contribution is 2.13. The summed E-state index contributed by atoms with van der Waals surface area (Å²) < 4.78 is 11.0. The first kappa shape index (κ1) is 10.5. The maximum atomic E-state index is 5.67. The molecule has 0 aliphatic carbocycles. The first-order chi connectivity index (χ1) is 7.34. The number of ether oxygens (including phenoxy) is 2. The lowest BCUT2D eigenvalue weighted by Crippen LogP contribution is -2.13. The largest absolute Gasteiger partial charge is 0.399 e. The van der Waals surface area contributed by atoms with Crippen molar-refractivity contribution in [3.05, 3.63) is 29.8 Å². The second kappa shape index (κ2) is 5.14. The van der Waals surface area contributed by atoms with Crippen molar-refractivity contribution in [1.82, 2.24) is 0 Å². The Balaban J connectivity index is 1.73. The van der Waals surface area contributed by atoms with Crippen molar-refractivity contribution < 1.29 is 9.47 Å². The number of hydrogen-bond acceptors (Lipinski definition) is 3. The SMILES string of the molecule is Nc1cccc(COCC2CCCO2)c1. The van der Waals surface area contributed by atoms with E-state index in [4.69, 9.17) is 15.2 Å². The second-order valence-electron chi connectivity index (χ2n) is 3.90. The summed E-state index contributed by atoms with van der Waals surface area (Å²) >= 11 is 0. The highest BCUT2D eigenvalue weighted by molar-refractivity contribution is 5.40. The third-order valence-electron chi connectivity index (χ3n) is 2.55. The van der Waals surface area contributed by atoms with E-state index in [0.29, 0.717) is 19.3 Å². The van der Waals surface area contributed by atoms with Gasteiger partial charge in [0.2, 0.25) is 0 Å². The van der Waals surface area contributed by atoms with Gasteiger partial charge in [-0.1, -0.05) is 12.1 Å². The van der Waals surface area contributed by atoms with Crippen LogP contribution in [0.25, 0.3) is 0 Å². The molecular weight excluding hydrogens is 190 g/mol. The van der Waals surface area contributed by atoms with E-state index in [2.05, 4.69) is 0 Å². The minimum atomic E-state index is 0.297. The molecule has 1 aliphatic heterocycles. The monoisotopic (exact) mass is 207 g/mol. The van der Waals surface area contributed by atoms with Crippen LogP contribution in [0.4, 0.5) is 5.69 Å². The van der Waals surface area contributed by atoms with Crippen LogP contribution in [-0.2, 0) is 16.1 Å². The molecule has 2 N–H and O–H groups in total. The fraction of sp³-hybridized carbons (Fsp3) is 0.500. The molecule has 1 unspecified atom stereocenters. The zero-order valence-electron chi connectivity index (χ0n) is 8.82. The number of nitrogens with two attached hydrogens (primary N) is 1. The third kappa shape index (κ3) is 3.22. The summed E-state index contributed by atoms with van der Waals surface area (Å²) in [5.74, 6) is 0. The molecule has 3 nitrogen and oxygen atoms in total. The average molecular weight is 207 g/mol. The second-order valence-corrected chi connectivity index (χ2v) is 3.90. The highest BCUT2D eigenvalue weighted by Gasteiger charge is 2.14. The fourth-order valence-corrected chi connectivity index (χ4v) is 1.77. The summed E-state index contributed by atoms with van der Waals surface area (Å²) in [6.45, 7) is 2.19. The van der Waals surface area contributed by atoms with Crippen LogP contribution in [-0.4, -0.2) is 19.3 Å². The quantitative estimate of drug-likeness (QED) is 0.768. The third-order valence-corrected chi connectivity index (χ3v) is 2.55. The average Bonchev–Trinajstić information content (AvgIpc) is 2.71. The van der Waals surface area contributed by atoms with E-state index in [1.807, 2.05) is 24.3 Å². The zero-order valence-corrected chi connectivity index (χ0v) is 8.82. The summed E-state index contributed by atoms with van der Waals surface area (Å²) in [7, 11) is 0. The van der Waals surface area contributed by atoms with Crippen LogP contribution in [0, 0.1) is 0 Å². The lowest BCUT2D eigenvalue weighted by molar-refractivity contribution is 0.0106. The molecule has 1 atom stereocenters. The van der Waals surface area contributed by atoms with Crippen LogP contribution in [0.1, 0.15) is 18.4 Å². The molecule has 0 amide bonds. The molecule has 0 aromatic heterocycles. The van der Waals surface area contributed by atoms with Gasteiger partial charge in [-0.2, -0.15) is 0 Å². The first-order valence-corrected chi connectivity index (χ1v) is 5.38. The van der Waals surface area contributed by atoms with Gasteiger partial charge in [-0.25, -0.2) is 0 Å². The smallest absolute Gasteiger partial charge is 0.0809 e. The van der Waals surface area contributed by atoms with Crippen LogP contribution < -0.4 is 5.73 Å². The van der Waals surface area contributed by atoms with E-state index in [0.717, 1.165) is 30.7 Å². The predicted molar refractivity (Wildman–Crippen MR) is 59.5 cm³/mol. The van der Waals surface area contributed by atoms with Gasteiger partial charge in [0.05, 0.1) is 19.3 Å². The normalized spacial score (nSPS) is 20.7. The van der Waals surface area contributed by atoms with Crippen molar-refractivity contribution in [2.75, 3.05) is 18.9 Å². The molecule has 1 aromatic rings. The molecule has 1 saturated heterocycles. The van der Waals surface area contributed by atoms with Gasteiger partial charge in [0.25, 0.3) is 0 Å². The molecule has 15 heavy (non-hydrogen) atoms. The Labute approximate surface area is 90.2 Å². The van der Waals surface area contributed by atoms with Crippen LogP contribution in [0.3, 0.4) is 0 Å². The number of anilines is 1. The molecule has 1 aliphatic rings. The molecule has 1 heterocycles. The van der Waals surface area contributed by atoms with Gasteiger partial charge in [0.1, 0.15) is 0 Å². The molecule has 1 aromatic carbocycles. The molecule has 3 heteroatoms. The van der Waals surface area contributed by atoms with Gasteiger partial charge in [-0.15, -0.1) is 0 Å². The molecule has 82 valence electrons. The molecule has 0 spiro atoms. The van der Waals surface area contributed by atoms with Gasteiger partial charge in [0.15, 0.2) is 0 Å². The minimum Gasteiger partial charge on any atom is -0.399 e. The zero-order chi connectivity index (χ0) is 10.5. The van der Waals surface area contributed by atoms with E-state index in [1.165, 1.54) is 0 Å². The van der Waals surface area contributed by atoms with Gasteiger partial charge in [-0.3, -0.25) is 0 Å². The van der Waals surface area contributed by atoms with Crippen molar-refractivity contribution in [3.8, 4) is 0 Å². The lowest BCUT2D eigenvalue weighted by atomic mass is 10.2. The Hall–Kier alpha value is -1.06. The van der Waals surface area contributed by atoms with E-state index in [1.54, 1.807) is 0 Å². The van der Waals surface area contributed by atoms with Crippen molar-refractivity contribution in [1.29, 1.82) is 0 Å². The Morgan fingerprint density at radius 3 is 3.13 bits per heavy atom. The topological polar surface area (TPSA) is 44.5 Å². The summed E-state index contributed by atoms with van der Waals surface area (Å²) in [5.41, 5.74) is 7.58. The Morgan fingerprint density at radius 2 is 2.40 bits per heavy atom. The van der Waals surface area contributed by atoms with E-state index >= 15 is 0 Å². The Bertz CT molecular complexity index is 308. The number of benzene rings is 1. The minimum absolute atomic E-state index is 0.297. The molecule has 2 rings (SSSR count). The van der Waals surface area contributed by atoms with Gasteiger partial charge >= 0.3 is 0 Å². The maximum Gasteiger partial charge on any atom is 0.0809 e. The summed E-state index contributed by atoms with van der Waals surface area (Å²) in [5, 5.41) is 0. The molecule has 0 saturated carbocycles. The first-order valence-electron chi connectivity index (χ1n) is 5.38. The van der Waals surface area contributed by atoms with Crippen LogP contribution in [0.5, 0.6) is 0 Å². The van der Waals surface area contributed by atoms with Gasteiger partial charge in [-0.05, 0) is 30.5 Å². The lowest BCUT2D eigenvalue weighted by Gasteiger charge is -2.10. The van der Waals surface area contributed by atoms with Crippen molar-refractivity contribution in [2.24, 2.45) is 0 Å². The fourth-order valence-electron chi connectivity index (χ4n) is 1.77. The Morgan fingerprint density at radius 1 is 1.47 bits per heavy atom. The van der Waals surface area contributed by atoms with Gasteiger partial charge in [0, 0.05) is 12.3 Å². The van der Waals surface area contributed by atoms with Crippen LogP contribution in [0.2, 0.25) is 0 Å². The Kier molecular flexibility index (Phi) is 3.59. The maximum absolute atomic E-state index is 5.67. The van der Waals surface area contributed by atoms with E-state index in [9.17, 15) is 0 Å².